The minimum atomic E-state index is 0.0235. The number of carbonyl (C=O) groups is 1. The van der Waals surface area contributed by atoms with Crippen LogP contribution in [-0.2, 0) is 0 Å². The SMILES string of the molecule is CC(C)N(CCSc1cccc2ccccc12)C(=O)NCCN(C)C. The molecule has 4 nitrogen and oxygen atoms in total. The minimum Gasteiger partial charge on any atom is -0.337 e. The maximum absolute atomic E-state index is 12.4. The van der Waals surface area contributed by atoms with E-state index >= 15 is 0 Å². The number of rotatable bonds is 8. The molecule has 0 bridgehead atoms. The van der Waals surface area contributed by atoms with Crippen molar-refractivity contribution in [3.63, 3.8) is 0 Å². The van der Waals surface area contributed by atoms with Crippen LogP contribution in [-0.4, -0.2) is 61.4 Å². The molecule has 0 fully saturated rings. The summed E-state index contributed by atoms with van der Waals surface area (Å²) in [5.74, 6) is 0.882. The van der Waals surface area contributed by atoms with Gasteiger partial charge in [0, 0.05) is 36.3 Å². The third-order valence-corrected chi connectivity index (χ3v) is 5.11. The Kier molecular flexibility index (Phi) is 7.59. The molecule has 2 amide bonds. The highest BCUT2D eigenvalue weighted by molar-refractivity contribution is 7.99. The lowest BCUT2D eigenvalue weighted by Gasteiger charge is -2.27. The van der Waals surface area contributed by atoms with Gasteiger partial charge in [-0.25, -0.2) is 4.79 Å². The Hall–Kier alpha value is -1.72. The molecule has 0 radical (unpaired) electrons. The smallest absolute Gasteiger partial charge is 0.317 e. The predicted octanol–water partition coefficient (Wildman–Crippen LogP) is 3.91. The normalized spacial score (nSPS) is 11.3. The first-order valence-corrected chi connectivity index (χ1v) is 9.77. The maximum Gasteiger partial charge on any atom is 0.317 e. The molecule has 2 rings (SSSR count). The van der Waals surface area contributed by atoms with Gasteiger partial charge in [-0.2, -0.15) is 0 Å². The molecule has 136 valence electrons. The molecule has 2 aromatic carbocycles. The zero-order valence-electron chi connectivity index (χ0n) is 15.7. The molecule has 0 unspecified atom stereocenters. The van der Waals surface area contributed by atoms with E-state index in [1.807, 2.05) is 30.8 Å². The van der Waals surface area contributed by atoms with Gasteiger partial charge in [0.1, 0.15) is 0 Å². The number of hydrogen-bond acceptors (Lipinski definition) is 3. The first kappa shape index (κ1) is 19.6. The first-order valence-electron chi connectivity index (χ1n) is 8.79. The summed E-state index contributed by atoms with van der Waals surface area (Å²) in [5.41, 5.74) is 0. The molecular weight excluding hydrogens is 330 g/mol. The molecule has 1 N–H and O–H groups in total. The second-order valence-corrected chi connectivity index (χ2v) is 7.78. The average Bonchev–Trinajstić information content (AvgIpc) is 2.58. The molecule has 0 aliphatic heterocycles. The van der Waals surface area contributed by atoms with Gasteiger partial charge in [0.05, 0.1) is 0 Å². The standard InChI is InChI=1S/C20H29N3OS/c1-16(2)23(20(24)21-12-13-22(3)4)14-15-25-19-11-7-9-17-8-5-6-10-18(17)19/h5-11,16H,12-15H2,1-4H3,(H,21,24). The number of nitrogens with one attached hydrogen (secondary N) is 1. The van der Waals surface area contributed by atoms with Gasteiger partial charge in [0.25, 0.3) is 0 Å². The van der Waals surface area contributed by atoms with E-state index in [1.54, 1.807) is 0 Å². The van der Waals surface area contributed by atoms with Crippen molar-refractivity contribution in [3.05, 3.63) is 42.5 Å². The summed E-state index contributed by atoms with van der Waals surface area (Å²) in [6.45, 7) is 6.38. The van der Waals surface area contributed by atoms with Gasteiger partial charge >= 0.3 is 6.03 Å². The summed E-state index contributed by atoms with van der Waals surface area (Å²) in [6, 6.07) is 15.0. The van der Waals surface area contributed by atoms with Crippen LogP contribution in [0.1, 0.15) is 13.8 Å². The molecular formula is C20H29N3OS. The Morgan fingerprint density at radius 2 is 1.80 bits per heavy atom. The Labute approximate surface area is 155 Å². The Morgan fingerprint density at radius 1 is 1.08 bits per heavy atom. The van der Waals surface area contributed by atoms with Gasteiger partial charge in [0.15, 0.2) is 0 Å². The number of likely N-dealkylation sites (N-methyl/N-ethyl adjacent to an activating group) is 1. The quantitative estimate of drug-likeness (QED) is 0.726. The van der Waals surface area contributed by atoms with Gasteiger partial charge in [-0.05, 0) is 44.8 Å². The van der Waals surface area contributed by atoms with E-state index < -0.39 is 0 Å². The summed E-state index contributed by atoms with van der Waals surface area (Å²) in [6.07, 6.45) is 0. The van der Waals surface area contributed by atoms with Crippen molar-refractivity contribution < 1.29 is 4.79 Å². The van der Waals surface area contributed by atoms with Gasteiger partial charge in [-0.1, -0.05) is 36.4 Å². The van der Waals surface area contributed by atoms with Gasteiger partial charge in [-0.15, -0.1) is 11.8 Å². The zero-order chi connectivity index (χ0) is 18.2. The lowest BCUT2D eigenvalue weighted by atomic mass is 10.1. The number of amides is 2. The number of hydrogen-bond donors (Lipinski definition) is 1. The van der Waals surface area contributed by atoms with Crippen molar-refractivity contribution in [1.82, 2.24) is 15.1 Å². The monoisotopic (exact) mass is 359 g/mol. The second-order valence-electron chi connectivity index (χ2n) is 6.65. The van der Waals surface area contributed by atoms with Gasteiger partial charge in [0.2, 0.25) is 0 Å². The van der Waals surface area contributed by atoms with Crippen molar-refractivity contribution in [2.75, 3.05) is 39.5 Å². The van der Waals surface area contributed by atoms with E-state index in [2.05, 4.69) is 66.5 Å². The molecule has 0 saturated carbocycles. The molecule has 5 heteroatoms. The molecule has 0 aliphatic carbocycles. The summed E-state index contributed by atoms with van der Waals surface area (Å²) in [5, 5.41) is 5.55. The Morgan fingerprint density at radius 3 is 2.52 bits per heavy atom. The summed E-state index contributed by atoms with van der Waals surface area (Å²) < 4.78 is 0. The largest absolute Gasteiger partial charge is 0.337 e. The molecule has 25 heavy (non-hydrogen) atoms. The van der Waals surface area contributed by atoms with Crippen LogP contribution >= 0.6 is 11.8 Å². The van der Waals surface area contributed by atoms with Crippen LogP contribution in [0.5, 0.6) is 0 Å². The summed E-state index contributed by atoms with van der Waals surface area (Å²) in [7, 11) is 4.01. The third kappa shape index (κ3) is 5.94. The topological polar surface area (TPSA) is 35.6 Å². The van der Waals surface area contributed by atoms with Crippen LogP contribution in [0.15, 0.2) is 47.4 Å². The maximum atomic E-state index is 12.4. The average molecular weight is 360 g/mol. The van der Waals surface area contributed by atoms with E-state index in [9.17, 15) is 4.79 Å². The van der Waals surface area contributed by atoms with Crippen LogP contribution < -0.4 is 5.32 Å². The number of nitrogens with zero attached hydrogens (tertiary/aromatic N) is 2. The number of fused-ring (bicyclic) bond motifs is 1. The highest BCUT2D eigenvalue weighted by Gasteiger charge is 2.16. The Bertz CT molecular complexity index is 682. The fraction of sp³-hybridized carbons (Fsp3) is 0.450. The number of thioether (sulfide) groups is 1. The van der Waals surface area contributed by atoms with E-state index in [0.29, 0.717) is 6.54 Å². The van der Waals surface area contributed by atoms with Crippen LogP contribution in [0, 0.1) is 0 Å². The predicted molar refractivity (Wildman–Crippen MR) is 108 cm³/mol. The zero-order valence-corrected chi connectivity index (χ0v) is 16.5. The highest BCUT2D eigenvalue weighted by atomic mass is 32.2. The van der Waals surface area contributed by atoms with Crippen molar-refractivity contribution in [1.29, 1.82) is 0 Å². The van der Waals surface area contributed by atoms with E-state index in [4.69, 9.17) is 0 Å². The lowest BCUT2D eigenvalue weighted by Crippen LogP contribution is -2.46. The van der Waals surface area contributed by atoms with Crippen LogP contribution in [0.25, 0.3) is 10.8 Å². The Balaban J connectivity index is 1.91. The molecule has 2 aromatic rings. The second kappa shape index (κ2) is 9.68. The number of urea groups is 1. The first-order chi connectivity index (χ1) is 12.0. The molecule has 0 aromatic heterocycles. The van der Waals surface area contributed by atoms with Gasteiger partial charge < -0.3 is 15.1 Å². The van der Waals surface area contributed by atoms with Crippen LogP contribution in [0.4, 0.5) is 4.79 Å². The lowest BCUT2D eigenvalue weighted by molar-refractivity contribution is 0.186. The van der Waals surface area contributed by atoms with Crippen molar-refractivity contribution in [2.45, 2.75) is 24.8 Å². The van der Waals surface area contributed by atoms with Crippen molar-refractivity contribution in [2.24, 2.45) is 0 Å². The number of benzene rings is 2. The minimum absolute atomic E-state index is 0.0235. The highest BCUT2D eigenvalue weighted by Crippen LogP contribution is 2.27. The van der Waals surface area contributed by atoms with Crippen molar-refractivity contribution >= 4 is 28.6 Å². The van der Waals surface area contributed by atoms with Crippen LogP contribution in [0.3, 0.4) is 0 Å². The molecule has 0 atom stereocenters. The van der Waals surface area contributed by atoms with E-state index in [0.717, 1.165) is 18.8 Å². The number of carbonyl (C=O) groups excluding carboxylic acids is 1. The summed E-state index contributed by atoms with van der Waals surface area (Å²) in [4.78, 5) is 17.7. The third-order valence-electron chi connectivity index (χ3n) is 4.06. The molecule has 0 aliphatic rings. The molecule has 0 heterocycles. The molecule has 0 saturated heterocycles. The fourth-order valence-corrected chi connectivity index (χ4v) is 3.68. The summed E-state index contributed by atoms with van der Waals surface area (Å²) >= 11 is 1.81. The van der Waals surface area contributed by atoms with Crippen molar-refractivity contribution in [3.8, 4) is 0 Å². The van der Waals surface area contributed by atoms with E-state index in [1.165, 1.54) is 15.7 Å². The van der Waals surface area contributed by atoms with E-state index in [-0.39, 0.29) is 12.1 Å². The molecule has 0 spiro atoms. The van der Waals surface area contributed by atoms with Crippen LogP contribution in [0.2, 0.25) is 0 Å². The van der Waals surface area contributed by atoms with Gasteiger partial charge in [-0.3, -0.25) is 0 Å². The fourth-order valence-electron chi connectivity index (χ4n) is 2.66.